The van der Waals surface area contributed by atoms with Gasteiger partial charge in [-0.25, -0.2) is 8.78 Å². The summed E-state index contributed by atoms with van der Waals surface area (Å²) in [5, 5.41) is 12.3. The second-order valence-electron chi connectivity index (χ2n) is 4.80. The van der Waals surface area contributed by atoms with Crippen LogP contribution < -0.4 is 10.1 Å². The molecule has 2 rings (SSSR count). The number of nitrogens with one attached hydrogen (secondary N) is 1. The molecule has 2 aromatic rings. The first-order valence-corrected chi connectivity index (χ1v) is 6.83. The van der Waals surface area contributed by atoms with Gasteiger partial charge in [0.1, 0.15) is 5.75 Å². The zero-order valence-corrected chi connectivity index (χ0v) is 12.2. The summed E-state index contributed by atoms with van der Waals surface area (Å²) in [6.07, 6.45) is -1.11. The van der Waals surface area contributed by atoms with Crippen molar-refractivity contribution < 1.29 is 32.2 Å². The van der Waals surface area contributed by atoms with Crippen molar-refractivity contribution >= 4 is 5.91 Å². The summed E-state index contributed by atoms with van der Waals surface area (Å²) in [6, 6.07) is 7.91. The van der Waals surface area contributed by atoms with Crippen LogP contribution in [0.3, 0.4) is 0 Å². The maximum absolute atomic E-state index is 13.1. The number of hydrogen-bond acceptors (Lipinski definition) is 3. The molecule has 0 aliphatic carbocycles. The minimum Gasteiger partial charge on any atom is -0.435 e. The van der Waals surface area contributed by atoms with Gasteiger partial charge in [0, 0.05) is 12.1 Å². The van der Waals surface area contributed by atoms with Gasteiger partial charge in [0.15, 0.2) is 11.6 Å². The summed E-state index contributed by atoms with van der Waals surface area (Å²) in [5.74, 6) is -2.98. The zero-order valence-electron chi connectivity index (χ0n) is 12.2. The lowest BCUT2D eigenvalue weighted by molar-refractivity contribution is -0.0498. The average Bonchev–Trinajstić information content (AvgIpc) is 2.55. The van der Waals surface area contributed by atoms with E-state index in [9.17, 15) is 27.5 Å². The fraction of sp³-hybridized carbons (Fsp3) is 0.188. The Balaban J connectivity index is 1.93. The van der Waals surface area contributed by atoms with Gasteiger partial charge in [0.05, 0.1) is 6.10 Å². The standard InChI is InChI=1S/C16H13F4NO3/c17-12-6-3-10(7-13(12)18)15(23)21-8-14(22)9-1-4-11(5-2-9)24-16(19)20/h1-7,14,16,22H,8H2,(H,21,23). The molecule has 0 fully saturated rings. The molecule has 1 unspecified atom stereocenters. The second-order valence-corrected chi connectivity index (χ2v) is 4.80. The van der Waals surface area contributed by atoms with Crippen LogP contribution in [0, 0.1) is 11.6 Å². The molecule has 8 heteroatoms. The normalized spacial score (nSPS) is 12.1. The van der Waals surface area contributed by atoms with Crippen LogP contribution in [0.4, 0.5) is 17.6 Å². The Hall–Kier alpha value is -2.61. The lowest BCUT2D eigenvalue weighted by Gasteiger charge is -2.13. The number of aliphatic hydroxyl groups excluding tert-OH is 1. The van der Waals surface area contributed by atoms with E-state index in [2.05, 4.69) is 10.1 Å². The highest BCUT2D eigenvalue weighted by molar-refractivity contribution is 5.94. The Morgan fingerprint density at radius 2 is 1.75 bits per heavy atom. The Kier molecular flexibility index (Phi) is 5.75. The van der Waals surface area contributed by atoms with Crippen LogP contribution in [0.15, 0.2) is 42.5 Å². The number of alkyl halides is 2. The summed E-state index contributed by atoms with van der Waals surface area (Å²) >= 11 is 0. The molecule has 1 atom stereocenters. The molecular weight excluding hydrogens is 330 g/mol. The van der Waals surface area contributed by atoms with Gasteiger partial charge in [0.2, 0.25) is 0 Å². The van der Waals surface area contributed by atoms with Crippen molar-refractivity contribution in [3.63, 3.8) is 0 Å². The van der Waals surface area contributed by atoms with Gasteiger partial charge >= 0.3 is 6.61 Å². The van der Waals surface area contributed by atoms with Crippen LogP contribution in [0.5, 0.6) is 5.75 Å². The third-order valence-corrected chi connectivity index (χ3v) is 3.13. The molecule has 0 saturated heterocycles. The first-order valence-electron chi connectivity index (χ1n) is 6.83. The Labute approximate surface area is 134 Å². The molecule has 4 nitrogen and oxygen atoms in total. The van der Waals surface area contributed by atoms with Gasteiger partial charge < -0.3 is 15.2 Å². The molecule has 0 aliphatic heterocycles. The molecule has 128 valence electrons. The minimum absolute atomic E-state index is 0.0632. The number of halogens is 4. The van der Waals surface area contributed by atoms with Crippen molar-refractivity contribution in [1.29, 1.82) is 0 Å². The van der Waals surface area contributed by atoms with Crippen molar-refractivity contribution in [2.45, 2.75) is 12.7 Å². The van der Waals surface area contributed by atoms with E-state index < -0.39 is 30.3 Å². The van der Waals surface area contributed by atoms with Gasteiger partial charge in [-0.2, -0.15) is 8.78 Å². The zero-order chi connectivity index (χ0) is 17.7. The summed E-state index contributed by atoms with van der Waals surface area (Å²) < 4.78 is 54.1. The van der Waals surface area contributed by atoms with E-state index in [0.717, 1.165) is 18.2 Å². The van der Waals surface area contributed by atoms with Crippen molar-refractivity contribution in [1.82, 2.24) is 5.32 Å². The predicted molar refractivity (Wildman–Crippen MR) is 76.7 cm³/mol. The monoisotopic (exact) mass is 343 g/mol. The van der Waals surface area contributed by atoms with Gasteiger partial charge in [-0.15, -0.1) is 0 Å². The fourth-order valence-corrected chi connectivity index (χ4v) is 1.92. The van der Waals surface area contributed by atoms with E-state index in [4.69, 9.17) is 0 Å². The predicted octanol–water partition coefficient (Wildman–Crippen LogP) is 3.03. The van der Waals surface area contributed by atoms with Crippen LogP contribution in [-0.4, -0.2) is 24.2 Å². The molecule has 0 bridgehead atoms. The van der Waals surface area contributed by atoms with Gasteiger partial charge in [-0.3, -0.25) is 4.79 Å². The molecule has 0 saturated carbocycles. The highest BCUT2D eigenvalue weighted by atomic mass is 19.3. The maximum atomic E-state index is 13.1. The molecule has 2 N–H and O–H groups in total. The first kappa shape index (κ1) is 17.7. The van der Waals surface area contributed by atoms with Crippen LogP contribution in [0.25, 0.3) is 0 Å². The number of ether oxygens (including phenoxy) is 1. The Morgan fingerprint density at radius 3 is 2.33 bits per heavy atom. The number of amides is 1. The molecule has 0 spiro atoms. The molecule has 1 amide bonds. The topological polar surface area (TPSA) is 58.6 Å². The molecule has 24 heavy (non-hydrogen) atoms. The van der Waals surface area contributed by atoms with Crippen LogP contribution in [-0.2, 0) is 0 Å². The molecule has 2 aromatic carbocycles. The molecular formula is C16H13F4NO3. The molecule has 0 aliphatic rings. The number of rotatable bonds is 6. The third-order valence-electron chi connectivity index (χ3n) is 3.13. The highest BCUT2D eigenvalue weighted by Crippen LogP contribution is 2.19. The fourth-order valence-electron chi connectivity index (χ4n) is 1.92. The lowest BCUT2D eigenvalue weighted by Crippen LogP contribution is -2.28. The Bertz CT molecular complexity index is 707. The van der Waals surface area contributed by atoms with E-state index in [-0.39, 0.29) is 17.9 Å². The van der Waals surface area contributed by atoms with E-state index >= 15 is 0 Å². The average molecular weight is 343 g/mol. The van der Waals surface area contributed by atoms with Crippen molar-refractivity contribution in [2.24, 2.45) is 0 Å². The number of benzene rings is 2. The molecule has 0 radical (unpaired) electrons. The Morgan fingerprint density at radius 1 is 1.08 bits per heavy atom. The smallest absolute Gasteiger partial charge is 0.387 e. The second kappa shape index (κ2) is 7.78. The van der Waals surface area contributed by atoms with E-state index in [0.29, 0.717) is 5.56 Å². The van der Waals surface area contributed by atoms with E-state index in [1.165, 1.54) is 24.3 Å². The summed E-state index contributed by atoms with van der Waals surface area (Å²) in [7, 11) is 0. The molecule has 0 aromatic heterocycles. The summed E-state index contributed by atoms with van der Waals surface area (Å²) in [6.45, 7) is -3.15. The third kappa shape index (κ3) is 4.69. The van der Waals surface area contributed by atoms with Crippen LogP contribution >= 0.6 is 0 Å². The number of carbonyl (C=O) groups excluding carboxylic acids is 1. The van der Waals surface area contributed by atoms with Gasteiger partial charge in [-0.05, 0) is 35.9 Å². The summed E-state index contributed by atoms with van der Waals surface area (Å²) in [4.78, 5) is 11.8. The minimum atomic E-state index is -2.95. The number of carbonyl (C=O) groups is 1. The number of hydrogen-bond donors (Lipinski definition) is 2. The van der Waals surface area contributed by atoms with Crippen LogP contribution in [0.1, 0.15) is 22.0 Å². The van der Waals surface area contributed by atoms with Crippen LogP contribution in [0.2, 0.25) is 0 Å². The van der Waals surface area contributed by atoms with Crippen molar-refractivity contribution in [3.8, 4) is 5.75 Å². The largest absolute Gasteiger partial charge is 0.435 e. The van der Waals surface area contributed by atoms with E-state index in [1.54, 1.807) is 0 Å². The quantitative estimate of drug-likeness (QED) is 0.793. The summed E-state index contributed by atoms with van der Waals surface area (Å²) in [5.41, 5.74) is 0.268. The van der Waals surface area contributed by atoms with Crippen molar-refractivity contribution in [3.05, 3.63) is 65.2 Å². The van der Waals surface area contributed by atoms with E-state index in [1.807, 2.05) is 0 Å². The lowest BCUT2D eigenvalue weighted by atomic mass is 10.1. The number of aliphatic hydroxyl groups is 1. The maximum Gasteiger partial charge on any atom is 0.387 e. The molecule has 0 heterocycles. The first-order chi connectivity index (χ1) is 11.4. The van der Waals surface area contributed by atoms with Crippen molar-refractivity contribution in [2.75, 3.05) is 6.54 Å². The van der Waals surface area contributed by atoms with Gasteiger partial charge in [0.25, 0.3) is 5.91 Å². The SMILES string of the molecule is O=C(NCC(O)c1ccc(OC(F)F)cc1)c1ccc(F)c(F)c1. The van der Waals surface area contributed by atoms with Gasteiger partial charge in [-0.1, -0.05) is 12.1 Å². The highest BCUT2D eigenvalue weighted by Gasteiger charge is 2.13.